The fourth-order valence-corrected chi connectivity index (χ4v) is 2.48. The Morgan fingerprint density at radius 2 is 2.11 bits per heavy atom. The van der Waals surface area contributed by atoms with Crippen LogP contribution >= 0.6 is 0 Å². The smallest absolute Gasteiger partial charge is 0.161 e. The molecule has 2 heterocycles. The highest BCUT2D eigenvalue weighted by molar-refractivity contribution is 5.75. The predicted molar refractivity (Wildman–Crippen MR) is 65.3 cm³/mol. The van der Waals surface area contributed by atoms with Crippen LogP contribution in [0.4, 0.5) is 8.78 Å². The lowest BCUT2D eigenvalue weighted by molar-refractivity contribution is 0.510. The summed E-state index contributed by atoms with van der Waals surface area (Å²) in [5.74, 6) is -0.188. The first kappa shape index (κ1) is 11.6. The number of halogens is 2. The van der Waals surface area contributed by atoms with Crippen molar-refractivity contribution in [3.8, 4) is 0 Å². The summed E-state index contributed by atoms with van der Waals surface area (Å²) in [6.07, 6.45) is 3.07. The second-order valence-corrected chi connectivity index (χ2v) is 4.86. The van der Waals surface area contributed by atoms with Crippen LogP contribution in [0.25, 0.3) is 11.0 Å². The standard InChI is InChI=1S/C13H15F2N3/c14-9-5-11-12(6-10(9)15)18-13(17-11)2-1-8-3-4-16-7-8/h5-6,8,16H,1-4,7H2,(H,17,18). The summed E-state index contributed by atoms with van der Waals surface area (Å²) < 4.78 is 26.1. The van der Waals surface area contributed by atoms with Crippen LogP contribution < -0.4 is 5.32 Å². The summed E-state index contributed by atoms with van der Waals surface area (Å²) in [7, 11) is 0. The van der Waals surface area contributed by atoms with Crippen LogP contribution in [-0.2, 0) is 6.42 Å². The molecule has 1 aromatic heterocycles. The van der Waals surface area contributed by atoms with E-state index < -0.39 is 11.6 Å². The van der Waals surface area contributed by atoms with Gasteiger partial charge in [-0.05, 0) is 31.8 Å². The van der Waals surface area contributed by atoms with Gasteiger partial charge in [-0.25, -0.2) is 13.8 Å². The first-order chi connectivity index (χ1) is 8.72. The molecule has 1 aliphatic heterocycles. The maximum Gasteiger partial charge on any atom is 0.161 e. The van der Waals surface area contributed by atoms with Gasteiger partial charge in [0, 0.05) is 18.6 Å². The van der Waals surface area contributed by atoms with Crippen molar-refractivity contribution in [2.45, 2.75) is 19.3 Å². The normalized spacial score (nSPS) is 19.8. The molecule has 0 bridgehead atoms. The summed E-state index contributed by atoms with van der Waals surface area (Å²) in [5, 5.41) is 3.32. The van der Waals surface area contributed by atoms with E-state index in [0.717, 1.165) is 43.9 Å². The van der Waals surface area contributed by atoms with E-state index in [1.807, 2.05) is 0 Å². The number of benzene rings is 1. The maximum atomic E-state index is 13.1. The van der Waals surface area contributed by atoms with E-state index in [2.05, 4.69) is 15.3 Å². The van der Waals surface area contributed by atoms with E-state index in [1.54, 1.807) is 0 Å². The Morgan fingerprint density at radius 1 is 1.28 bits per heavy atom. The molecule has 0 amide bonds. The van der Waals surface area contributed by atoms with Crippen LogP contribution in [-0.4, -0.2) is 23.1 Å². The number of nitrogens with zero attached hydrogens (tertiary/aromatic N) is 1. The van der Waals surface area contributed by atoms with Gasteiger partial charge in [-0.15, -0.1) is 0 Å². The molecule has 1 saturated heterocycles. The van der Waals surface area contributed by atoms with Crippen molar-refractivity contribution in [1.82, 2.24) is 15.3 Å². The Morgan fingerprint density at radius 3 is 2.89 bits per heavy atom. The first-order valence-corrected chi connectivity index (χ1v) is 6.27. The Hall–Kier alpha value is -1.49. The molecule has 1 unspecified atom stereocenters. The zero-order valence-corrected chi connectivity index (χ0v) is 9.97. The fraction of sp³-hybridized carbons (Fsp3) is 0.462. The largest absolute Gasteiger partial charge is 0.342 e. The van der Waals surface area contributed by atoms with Crippen molar-refractivity contribution in [2.24, 2.45) is 5.92 Å². The summed E-state index contributed by atoms with van der Waals surface area (Å²) >= 11 is 0. The second-order valence-electron chi connectivity index (χ2n) is 4.86. The number of nitrogens with one attached hydrogen (secondary N) is 2. The van der Waals surface area contributed by atoms with Gasteiger partial charge in [0.05, 0.1) is 11.0 Å². The van der Waals surface area contributed by atoms with Crippen molar-refractivity contribution in [2.75, 3.05) is 13.1 Å². The van der Waals surface area contributed by atoms with E-state index in [1.165, 1.54) is 6.42 Å². The van der Waals surface area contributed by atoms with Crippen molar-refractivity contribution < 1.29 is 8.78 Å². The van der Waals surface area contributed by atoms with Crippen molar-refractivity contribution in [3.63, 3.8) is 0 Å². The van der Waals surface area contributed by atoms with E-state index in [-0.39, 0.29) is 0 Å². The van der Waals surface area contributed by atoms with Crippen molar-refractivity contribution in [3.05, 3.63) is 29.6 Å². The number of aryl methyl sites for hydroxylation is 1. The molecule has 1 aliphatic rings. The zero-order chi connectivity index (χ0) is 12.5. The topological polar surface area (TPSA) is 40.7 Å². The van der Waals surface area contributed by atoms with E-state index in [0.29, 0.717) is 17.0 Å². The number of hydrogen-bond acceptors (Lipinski definition) is 2. The van der Waals surface area contributed by atoms with Crippen molar-refractivity contribution in [1.29, 1.82) is 0 Å². The van der Waals surface area contributed by atoms with Crippen LogP contribution in [0.2, 0.25) is 0 Å². The van der Waals surface area contributed by atoms with Gasteiger partial charge < -0.3 is 10.3 Å². The van der Waals surface area contributed by atoms with Crippen LogP contribution in [0.15, 0.2) is 12.1 Å². The minimum absolute atomic E-state index is 0.494. The third-order valence-corrected chi connectivity index (χ3v) is 3.52. The third kappa shape index (κ3) is 2.22. The molecule has 0 saturated carbocycles. The third-order valence-electron chi connectivity index (χ3n) is 3.52. The number of hydrogen-bond donors (Lipinski definition) is 2. The van der Waals surface area contributed by atoms with Gasteiger partial charge in [0.2, 0.25) is 0 Å². The number of rotatable bonds is 3. The lowest BCUT2D eigenvalue weighted by Gasteiger charge is -2.05. The molecule has 1 atom stereocenters. The van der Waals surface area contributed by atoms with E-state index in [4.69, 9.17) is 0 Å². The fourth-order valence-electron chi connectivity index (χ4n) is 2.48. The van der Waals surface area contributed by atoms with Gasteiger partial charge >= 0.3 is 0 Å². The Kier molecular flexibility index (Phi) is 2.99. The summed E-state index contributed by atoms with van der Waals surface area (Å²) in [5.41, 5.74) is 1.06. The minimum atomic E-state index is -0.847. The number of aromatic nitrogens is 2. The Balaban J connectivity index is 1.76. The minimum Gasteiger partial charge on any atom is -0.342 e. The molecule has 96 valence electrons. The number of imidazole rings is 1. The number of fused-ring (bicyclic) bond motifs is 1. The van der Waals surface area contributed by atoms with Gasteiger partial charge in [-0.3, -0.25) is 0 Å². The second kappa shape index (κ2) is 4.65. The monoisotopic (exact) mass is 251 g/mol. The highest BCUT2D eigenvalue weighted by Crippen LogP contribution is 2.19. The lowest BCUT2D eigenvalue weighted by Crippen LogP contribution is -2.09. The molecular weight excluding hydrogens is 236 g/mol. The van der Waals surface area contributed by atoms with Gasteiger partial charge in [0.15, 0.2) is 11.6 Å². The average Bonchev–Trinajstić information content (AvgIpc) is 2.96. The highest BCUT2D eigenvalue weighted by Gasteiger charge is 2.15. The first-order valence-electron chi connectivity index (χ1n) is 6.27. The van der Waals surface area contributed by atoms with E-state index >= 15 is 0 Å². The quantitative estimate of drug-likeness (QED) is 0.879. The molecule has 3 nitrogen and oxygen atoms in total. The molecular formula is C13H15F2N3. The average molecular weight is 251 g/mol. The molecule has 0 spiro atoms. The Labute approximate surface area is 104 Å². The highest BCUT2D eigenvalue weighted by atomic mass is 19.2. The van der Waals surface area contributed by atoms with Crippen LogP contribution in [0.1, 0.15) is 18.7 Å². The SMILES string of the molecule is Fc1cc2nc(CCC3CCNC3)[nH]c2cc1F. The van der Waals surface area contributed by atoms with E-state index in [9.17, 15) is 8.78 Å². The number of aromatic amines is 1. The summed E-state index contributed by atoms with van der Waals surface area (Å²) in [6, 6.07) is 2.31. The zero-order valence-electron chi connectivity index (χ0n) is 9.97. The van der Waals surface area contributed by atoms with Gasteiger partial charge in [0.1, 0.15) is 5.82 Å². The maximum absolute atomic E-state index is 13.1. The van der Waals surface area contributed by atoms with Crippen LogP contribution in [0.3, 0.4) is 0 Å². The van der Waals surface area contributed by atoms with Gasteiger partial charge in [-0.2, -0.15) is 0 Å². The molecule has 2 N–H and O–H groups in total. The molecule has 5 heteroatoms. The van der Waals surface area contributed by atoms with Crippen LogP contribution in [0, 0.1) is 17.6 Å². The lowest BCUT2D eigenvalue weighted by atomic mass is 10.0. The van der Waals surface area contributed by atoms with Crippen molar-refractivity contribution >= 4 is 11.0 Å². The summed E-state index contributed by atoms with van der Waals surface area (Å²) in [4.78, 5) is 7.34. The molecule has 0 radical (unpaired) electrons. The Bertz CT molecular complexity index is 520. The molecule has 2 aromatic rings. The number of H-pyrrole nitrogens is 1. The molecule has 1 aromatic carbocycles. The molecule has 3 rings (SSSR count). The molecule has 0 aliphatic carbocycles. The predicted octanol–water partition coefficient (Wildman–Crippen LogP) is 2.38. The van der Waals surface area contributed by atoms with Gasteiger partial charge in [-0.1, -0.05) is 0 Å². The van der Waals surface area contributed by atoms with Gasteiger partial charge in [0.25, 0.3) is 0 Å². The summed E-state index contributed by atoms with van der Waals surface area (Å²) in [6.45, 7) is 2.14. The van der Waals surface area contributed by atoms with Crippen LogP contribution in [0.5, 0.6) is 0 Å². The molecule has 18 heavy (non-hydrogen) atoms. The molecule has 1 fully saturated rings.